The Hall–Kier alpha value is -2.35. The predicted octanol–water partition coefficient (Wildman–Crippen LogP) is 3.21. The highest BCUT2D eigenvalue weighted by atomic mass is 19.4. The van der Waals surface area contributed by atoms with E-state index in [1.807, 2.05) is 7.05 Å². The van der Waals surface area contributed by atoms with Crippen LogP contribution in [0.15, 0.2) is 29.5 Å². The number of aromatic hydroxyl groups is 1. The van der Waals surface area contributed by atoms with E-state index in [1.165, 1.54) is 24.0 Å². The Kier molecular flexibility index (Phi) is 4.79. The van der Waals surface area contributed by atoms with E-state index in [0.29, 0.717) is 12.6 Å². The third kappa shape index (κ3) is 3.46. The van der Waals surface area contributed by atoms with E-state index >= 15 is 0 Å². The first-order valence-electron chi connectivity index (χ1n) is 8.34. The third-order valence-corrected chi connectivity index (χ3v) is 4.76. The molecule has 2 heterocycles. The van der Waals surface area contributed by atoms with E-state index < -0.39 is 17.5 Å². The van der Waals surface area contributed by atoms with Gasteiger partial charge in [-0.2, -0.15) is 13.2 Å². The van der Waals surface area contributed by atoms with Crippen molar-refractivity contribution in [1.29, 1.82) is 0 Å². The molecule has 0 spiro atoms. The predicted molar refractivity (Wildman–Crippen MR) is 91.1 cm³/mol. The molecule has 0 amide bonds. The highest BCUT2D eigenvalue weighted by molar-refractivity contribution is 5.73. The maximum absolute atomic E-state index is 12.9. The maximum atomic E-state index is 12.9. The van der Waals surface area contributed by atoms with Gasteiger partial charge in [0.2, 0.25) is 0 Å². The van der Waals surface area contributed by atoms with E-state index in [4.69, 9.17) is 0 Å². The van der Waals surface area contributed by atoms with Crippen molar-refractivity contribution in [3.63, 3.8) is 0 Å². The summed E-state index contributed by atoms with van der Waals surface area (Å²) in [4.78, 5) is 19.1. The van der Waals surface area contributed by atoms with Crippen LogP contribution in [-0.2, 0) is 6.18 Å². The summed E-state index contributed by atoms with van der Waals surface area (Å²) in [6.07, 6.45) is -0.0504. The molecule has 0 saturated carbocycles. The van der Waals surface area contributed by atoms with Gasteiger partial charge in [0.15, 0.2) is 0 Å². The molecule has 0 aliphatic carbocycles. The summed E-state index contributed by atoms with van der Waals surface area (Å²) in [5.41, 5.74) is -0.943. The number of phenols is 1. The van der Waals surface area contributed by atoms with E-state index in [0.717, 1.165) is 25.5 Å². The summed E-state index contributed by atoms with van der Waals surface area (Å²) in [5.74, 6) is -0.574. The molecule has 1 saturated heterocycles. The van der Waals surface area contributed by atoms with Crippen molar-refractivity contribution in [2.75, 3.05) is 20.1 Å². The lowest BCUT2D eigenvalue weighted by Gasteiger charge is -2.30. The van der Waals surface area contributed by atoms with Crippen molar-refractivity contribution in [3.05, 3.63) is 46.1 Å². The number of piperidine rings is 1. The lowest BCUT2D eigenvalue weighted by Crippen LogP contribution is -2.38. The molecule has 140 valence electrons. The molecule has 0 radical (unpaired) electrons. The van der Waals surface area contributed by atoms with Crippen molar-refractivity contribution < 1.29 is 18.3 Å². The topological polar surface area (TPSA) is 58.4 Å². The number of nitrogens with zero attached hydrogens (tertiary/aromatic N) is 3. The fourth-order valence-corrected chi connectivity index (χ4v) is 3.51. The first kappa shape index (κ1) is 18.4. The molecule has 8 heteroatoms. The Morgan fingerprint density at radius 3 is 2.65 bits per heavy atom. The van der Waals surface area contributed by atoms with Gasteiger partial charge in [0.05, 0.1) is 23.5 Å². The van der Waals surface area contributed by atoms with Gasteiger partial charge in [-0.3, -0.25) is 9.36 Å². The number of aromatic nitrogens is 2. The summed E-state index contributed by atoms with van der Waals surface area (Å²) in [7, 11) is 1.97. The van der Waals surface area contributed by atoms with Crippen LogP contribution in [0.2, 0.25) is 0 Å². The molecule has 1 aromatic heterocycles. The van der Waals surface area contributed by atoms with Crippen LogP contribution in [0.3, 0.4) is 0 Å². The molecule has 1 aromatic carbocycles. The molecule has 26 heavy (non-hydrogen) atoms. The van der Waals surface area contributed by atoms with Gasteiger partial charge in [-0.15, -0.1) is 0 Å². The molecule has 5 nitrogen and oxygen atoms in total. The van der Waals surface area contributed by atoms with Crippen LogP contribution < -0.4 is 5.56 Å². The van der Waals surface area contributed by atoms with Crippen molar-refractivity contribution in [1.82, 2.24) is 14.5 Å². The molecule has 3 rings (SSSR count). The molecule has 1 aliphatic heterocycles. The van der Waals surface area contributed by atoms with Crippen LogP contribution in [0.1, 0.15) is 30.0 Å². The van der Waals surface area contributed by atoms with Gasteiger partial charge < -0.3 is 10.0 Å². The van der Waals surface area contributed by atoms with Crippen LogP contribution in [0.4, 0.5) is 13.2 Å². The van der Waals surface area contributed by atoms with Crippen molar-refractivity contribution in [2.45, 2.75) is 32.0 Å². The first-order chi connectivity index (χ1) is 12.2. The zero-order valence-corrected chi connectivity index (χ0v) is 14.5. The fourth-order valence-electron chi connectivity index (χ4n) is 3.51. The molecule has 1 aliphatic rings. The molecule has 1 N–H and O–H groups in total. The summed E-state index contributed by atoms with van der Waals surface area (Å²) in [6, 6.07) is 1.53. The summed E-state index contributed by atoms with van der Waals surface area (Å²) in [5, 5.41) is 10.2. The minimum absolute atomic E-state index is 0.0504. The number of aryl methyl sites for hydroxylation is 1. The number of benzene rings is 1. The number of hydrogen-bond donors (Lipinski definition) is 1. The standard InChI is InChI=1S/C18H20F3N3O2/c1-11-6-12(18(19,20)21)7-15(25)16(11)14-8-22-10-24(17(14)26)13-4-3-5-23(2)9-13/h6-8,10,13,25H,3-5,9H2,1-2H3. The second kappa shape index (κ2) is 6.75. The van der Waals surface area contributed by atoms with Gasteiger partial charge in [-0.1, -0.05) is 0 Å². The highest BCUT2D eigenvalue weighted by Crippen LogP contribution is 2.38. The normalized spacial score (nSPS) is 18.9. The number of phenolic OH excluding ortho intramolecular Hbond substituents is 1. The van der Waals surface area contributed by atoms with Crippen molar-refractivity contribution in [3.8, 4) is 16.9 Å². The monoisotopic (exact) mass is 367 g/mol. The first-order valence-corrected chi connectivity index (χ1v) is 8.34. The molecule has 2 aromatic rings. The molecular weight excluding hydrogens is 347 g/mol. The Labute approximate surface area is 148 Å². The number of halogens is 3. The lowest BCUT2D eigenvalue weighted by atomic mass is 9.98. The van der Waals surface area contributed by atoms with E-state index in [9.17, 15) is 23.1 Å². The third-order valence-electron chi connectivity index (χ3n) is 4.76. The quantitative estimate of drug-likeness (QED) is 0.886. The van der Waals surface area contributed by atoms with Crippen LogP contribution in [0.5, 0.6) is 5.75 Å². The van der Waals surface area contributed by atoms with Crippen LogP contribution in [0.25, 0.3) is 11.1 Å². The smallest absolute Gasteiger partial charge is 0.416 e. The van der Waals surface area contributed by atoms with Gasteiger partial charge in [-0.25, -0.2) is 4.98 Å². The largest absolute Gasteiger partial charge is 0.507 e. The van der Waals surface area contributed by atoms with Crippen LogP contribution in [-0.4, -0.2) is 39.7 Å². The number of rotatable bonds is 2. The van der Waals surface area contributed by atoms with Gasteiger partial charge in [0, 0.05) is 18.3 Å². The zero-order valence-electron chi connectivity index (χ0n) is 14.5. The second-order valence-electron chi connectivity index (χ2n) is 6.76. The Morgan fingerprint density at radius 1 is 1.31 bits per heavy atom. The van der Waals surface area contributed by atoms with Gasteiger partial charge in [0.1, 0.15) is 5.75 Å². The molecule has 1 fully saturated rings. The minimum Gasteiger partial charge on any atom is -0.507 e. The minimum atomic E-state index is -4.57. The number of likely N-dealkylation sites (N-methyl/N-ethyl adjacent to an activating group) is 1. The Balaban J connectivity index is 2.08. The van der Waals surface area contributed by atoms with Gasteiger partial charge in [0.25, 0.3) is 5.56 Å². The summed E-state index contributed by atoms with van der Waals surface area (Å²) < 4.78 is 40.2. The lowest BCUT2D eigenvalue weighted by molar-refractivity contribution is -0.137. The van der Waals surface area contributed by atoms with E-state index in [-0.39, 0.29) is 28.3 Å². The van der Waals surface area contributed by atoms with Gasteiger partial charge in [-0.05, 0) is 51.1 Å². The zero-order chi connectivity index (χ0) is 19.1. The molecule has 1 atom stereocenters. The van der Waals surface area contributed by atoms with Crippen molar-refractivity contribution >= 4 is 0 Å². The summed E-state index contributed by atoms with van der Waals surface area (Å²) in [6.45, 7) is 3.09. The fraction of sp³-hybridized carbons (Fsp3) is 0.444. The van der Waals surface area contributed by atoms with Crippen molar-refractivity contribution in [2.24, 2.45) is 0 Å². The van der Waals surface area contributed by atoms with E-state index in [1.54, 1.807) is 0 Å². The Bertz CT molecular complexity index is 854. The average molecular weight is 367 g/mol. The van der Waals surface area contributed by atoms with Crippen LogP contribution >= 0.6 is 0 Å². The second-order valence-corrected chi connectivity index (χ2v) is 6.76. The number of likely N-dealkylation sites (tertiary alicyclic amines) is 1. The Morgan fingerprint density at radius 2 is 2.04 bits per heavy atom. The molecular formula is C18H20F3N3O2. The van der Waals surface area contributed by atoms with Crippen LogP contribution in [0, 0.1) is 6.92 Å². The van der Waals surface area contributed by atoms with E-state index in [2.05, 4.69) is 9.88 Å². The summed E-state index contributed by atoms with van der Waals surface area (Å²) >= 11 is 0. The highest BCUT2D eigenvalue weighted by Gasteiger charge is 2.32. The maximum Gasteiger partial charge on any atom is 0.416 e. The SMILES string of the molecule is Cc1cc(C(F)(F)F)cc(O)c1-c1cncn(C2CCCN(C)C2)c1=O. The molecule has 1 unspecified atom stereocenters. The van der Waals surface area contributed by atoms with Gasteiger partial charge >= 0.3 is 6.18 Å². The number of alkyl halides is 3. The average Bonchev–Trinajstić information content (AvgIpc) is 2.55. The molecule has 0 bridgehead atoms. The number of hydrogen-bond acceptors (Lipinski definition) is 4.